The molecule has 0 aliphatic carbocycles. The van der Waals surface area contributed by atoms with Gasteiger partial charge in [-0.15, -0.1) is 11.3 Å². The van der Waals surface area contributed by atoms with Gasteiger partial charge in [-0.3, -0.25) is 9.55 Å². The fourth-order valence-electron chi connectivity index (χ4n) is 3.76. The third-order valence-electron chi connectivity index (χ3n) is 5.41. The van der Waals surface area contributed by atoms with Gasteiger partial charge in [-0.2, -0.15) is 0 Å². The SMILES string of the molecule is O=C(NC1CCN(c2ccncc2)CC1)Oc1nccn1Cc1cc(-c2ccc(Cl)s2)on1. The fourth-order valence-corrected chi connectivity index (χ4v) is 4.75. The van der Waals surface area contributed by atoms with E-state index in [1.165, 1.54) is 11.3 Å². The summed E-state index contributed by atoms with van der Waals surface area (Å²) >= 11 is 7.41. The van der Waals surface area contributed by atoms with Gasteiger partial charge in [-0.05, 0) is 37.1 Å². The minimum Gasteiger partial charge on any atom is -0.375 e. The molecule has 5 rings (SSSR count). The average Bonchev–Trinajstić information content (AvgIpc) is 3.57. The monoisotopic (exact) mass is 484 g/mol. The lowest BCUT2D eigenvalue weighted by atomic mass is 10.0. The summed E-state index contributed by atoms with van der Waals surface area (Å²) < 4.78 is 13.3. The van der Waals surface area contributed by atoms with Crippen LogP contribution in [-0.2, 0) is 6.54 Å². The van der Waals surface area contributed by atoms with E-state index in [9.17, 15) is 4.79 Å². The van der Waals surface area contributed by atoms with E-state index >= 15 is 0 Å². The predicted molar refractivity (Wildman–Crippen MR) is 125 cm³/mol. The highest BCUT2D eigenvalue weighted by Gasteiger charge is 2.22. The minimum absolute atomic E-state index is 0.0507. The Bertz CT molecular complexity index is 1220. The number of rotatable bonds is 6. The molecule has 1 fully saturated rings. The summed E-state index contributed by atoms with van der Waals surface area (Å²) in [7, 11) is 0. The van der Waals surface area contributed by atoms with Crippen LogP contribution in [-0.4, -0.2) is 44.9 Å². The molecule has 0 bridgehead atoms. The molecule has 33 heavy (non-hydrogen) atoms. The number of piperidine rings is 1. The Hall–Kier alpha value is -3.37. The Kier molecular flexibility index (Phi) is 6.27. The van der Waals surface area contributed by atoms with Gasteiger partial charge in [0.25, 0.3) is 0 Å². The maximum absolute atomic E-state index is 12.5. The van der Waals surface area contributed by atoms with E-state index in [4.69, 9.17) is 20.9 Å². The second-order valence-electron chi connectivity index (χ2n) is 7.62. The predicted octanol–water partition coefficient (Wildman–Crippen LogP) is 4.45. The molecule has 1 saturated heterocycles. The average molecular weight is 485 g/mol. The molecule has 0 unspecified atom stereocenters. The highest BCUT2D eigenvalue weighted by molar-refractivity contribution is 7.19. The fraction of sp³-hybridized carbons (Fsp3) is 0.273. The Morgan fingerprint density at radius 1 is 1.21 bits per heavy atom. The largest absolute Gasteiger partial charge is 0.415 e. The smallest absolute Gasteiger partial charge is 0.375 e. The molecule has 0 spiro atoms. The first-order valence-corrected chi connectivity index (χ1v) is 11.7. The summed E-state index contributed by atoms with van der Waals surface area (Å²) in [5.41, 5.74) is 1.83. The van der Waals surface area contributed by atoms with Crippen LogP contribution in [0.3, 0.4) is 0 Å². The van der Waals surface area contributed by atoms with Crippen molar-refractivity contribution in [2.24, 2.45) is 0 Å². The molecule has 4 aromatic heterocycles. The third kappa shape index (κ3) is 5.18. The number of nitrogens with one attached hydrogen (secondary N) is 1. The van der Waals surface area contributed by atoms with Gasteiger partial charge in [-0.1, -0.05) is 16.8 Å². The van der Waals surface area contributed by atoms with E-state index in [1.807, 2.05) is 30.3 Å². The van der Waals surface area contributed by atoms with Crippen LogP contribution < -0.4 is 15.0 Å². The number of hydrogen-bond acceptors (Lipinski definition) is 8. The molecule has 1 aliphatic heterocycles. The highest BCUT2D eigenvalue weighted by atomic mass is 35.5. The maximum Gasteiger partial charge on any atom is 0.415 e. The lowest BCUT2D eigenvalue weighted by molar-refractivity contribution is 0.187. The van der Waals surface area contributed by atoms with Crippen LogP contribution >= 0.6 is 22.9 Å². The van der Waals surface area contributed by atoms with E-state index in [2.05, 4.69) is 25.3 Å². The molecule has 0 atom stereocenters. The molecule has 11 heteroatoms. The van der Waals surface area contributed by atoms with Gasteiger partial charge in [0.15, 0.2) is 5.76 Å². The number of aromatic nitrogens is 4. The zero-order chi connectivity index (χ0) is 22.6. The standard InChI is InChI=1S/C22H21ClN6O3S/c23-20-2-1-19(33-20)18-13-16(27-32-18)14-29-12-9-25-21(29)31-22(30)26-15-5-10-28(11-6-15)17-3-7-24-8-4-17/h1-4,7-9,12-13,15H,5-6,10-11,14H2,(H,26,30). The topological polar surface area (TPSA) is 98.3 Å². The second-order valence-corrected chi connectivity index (χ2v) is 9.34. The van der Waals surface area contributed by atoms with E-state index in [0.29, 0.717) is 22.3 Å². The quantitative estimate of drug-likeness (QED) is 0.431. The van der Waals surface area contributed by atoms with Crippen molar-refractivity contribution >= 4 is 34.7 Å². The summed E-state index contributed by atoms with van der Waals surface area (Å²) in [6.45, 7) is 2.07. The molecule has 1 amide bonds. The zero-order valence-electron chi connectivity index (χ0n) is 17.6. The van der Waals surface area contributed by atoms with Crippen LogP contribution in [0.25, 0.3) is 10.6 Å². The summed E-state index contributed by atoms with van der Waals surface area (Å²) in [6.07, 6.45) is 8.04. The maximum atomic E-state index is 12.5. The van der Waals surface area contributed by atoms with Crippen molar-refractivity contribution < 1.29 is 14.1 Å². The lowest BCUT2D eigenvalue weighted by Crippen LogP contribution is -2.45. The molecular formula is C22H21ClN6O3S. The van der Waals surface area contributed by atoms with Crippen LogP contribution in [0.5, 0.6) is 6.01 Å². The number of thiophene rings is 1. The molecule has 0 radical (unpaired) electrons. The van der Waals surface area contributed by atoms with Crippen LogP contribution in [0.15, 0.2) is 59.6 Å². The number of pyridine rings is 1. The lowest BCUT2D eigenvalue weighted by Gasteiger charge is -2.33. The summed E-state index contributed by atoms with van der Waals surface area (Å²) in [5.74, 6) is 0.639. The molecule has 9 nitrogen and oxygen atoms in total. The Labute approximate surface area is 199 Å². The molecule has 1 N–H and O–H groups in total. The van der Waals surface area contributed by atoms with Crippen molar-refractivity contribution in [3.63, 3.8) is 0 Å². The summed E-state index contributed by atoms with van der Waals surface area (Å²) in [6, 6.07) is 9.77. The number of carbonyl (C=O) groups excluding carboxylic acids is 1. The van der Waals surface area contributed by atoms with Crippen molar-refractivity contribution in [3.05, 3.63) is 65.1 Å². The van der Waals surface area contributed by atoms with Crippen LogP contribution in [0, 0.1) is 0 Å². The number of imidazole rings is 1. The van der Waals surface area contributed by atoms with E-state index in [1.54, 1.807) is 29.4 Å². The first-order valence-electron chi connectivity index (χ1n) is 10.5. The van der Waals surface area contributed by atoms with Gasteiger partial charge < -0.3 is 19.5 Å². The third-order valence-corrected chi connectivity index (χ3v) is 6.66. The number of amides is 1. The molecule has 0 aromatic carbocycles. The van der Waals surface area contributed by atoms with Crippen molar-refractivity contribution in [2.45, 2.75) is 25.4 Å². The number of anilines is 1. The van der Waals surface area contributed by atoms with Gasteiger partial charge in [0.1, 0.15) is 5.69 Å². The molecule has 1 aliphatic rings. The molecule has 5 heterocycles. The normalized spacial score (nSPS) is 14.4. The Balaban J connectivity index is 1.14. The second kappa shape index (κ2) is 9.63. The van der Waals surface area contributed by atoms with Crippen molar-refractivity contribution in [2.75, 3.05) is 18.0 Å². The number of ether oxygens (including phenoxy) is 1. The minimum atomic E-state index is -0.515. The molecule has 4 aromatic rings. The van der Waals surface area contributed by atoms with Crippen molar-refractivity contribution in [1.29, 1.82) is 0 Å². The van der Waals surface area contributed by atoms with Crippen LogP contribution in [0.2, 0.25) is 4.34 Å². The van der Waals surface area contributed by atoms with Crippen molar-refractivity contribution in [3.8, 4) is 16.6 Å². The Morgan fingerprint density at radius 2 is 2.03 bits per heavy atom. The van der Waals surface area contributed by atoms with Crippen molar-refractivity contribution in [1.82, 2.24) is 25.0 Å². The molecule has 0 saturated carbocycles. The number of hydrogen-bond donors (Lipinski definition) is 1. The van der Waals surface area contributed by atoms with E-state index < -0.39 is 6.09 Å². The number of carbonyl (C=O) groups is 1. The highest BCUT2D eigenvalue weighted by Crippen LogP contribution is 2.31. The Morgan fingerprint density at radius 3 is 2.79 bits per heavy atom. The van der Waals surface area contributed by atoms with Gasteiger partial charge in [-0.25, -0.2) is 9.78 Å². The summed E-state index contributed by atoms with van der Waals surface area (Å²) in [5, 5.41) is 7.05. The summed E-state index contributed by atoms with van der Waals surface area (Å²) in [4.78, 5) is 23.9. The van der Waals surface area contributed by atoms with Crippen LogP contribution in [0.1, 0.15) is 18.5 Å². The molecular weight excluding hydrogens is 464 g/mol. The molecule has 170 valence electrons. The number of nitrogens with zero attached hydrogens (tertiary/aromatic N) is 5. The zero-order valence-corrected chi connectivity index (χ0v) is 19.1. The van der Waals surface area contributed by atoms with Gasteiger partial charge in [0.05, 0.1) is 15.8 Å². The first kappa shape index (κ1) is 21.5. The van der Waals surface area contributed by atoms with Gasteiger partial charge in [0, 0.05) is 55.7 Å². The van der Waals surface area contributed by atoms with E-state index in [-0.39, 0.29) is 12.1 Å². The first-order chi connectivity index (χ1) is 16.1. The van der Waals surface area contributed by atoms with Gasteiger partial charge >= 0.3 is 12.1 Å². The number of halogens is 1. The van der Waals surface area contributed by atoms with Gasteiger partial charge in [0.2, 0.25) is 0 Å². The van der Waals surface area contributed by atoms with E-state index in [0.717, 1.165) is 36.5 Å². The van der Waals surface area contributed by atoms with Crippen LogP contribution in [0.4, 0.5) is 10.5 Å².